The molecule has 0 saturated carbocycles. The SMILES string of the molecule is COc1ccc(Cl)cc1C(=O)Oc1ccccc1C=NNC(=O)c1[nH]c2ccc(N(C)C)cc2c1-c1ccccc1Cl. The van der Waals surface area contributed by atoms with Gasteiger partial charge in [0.25, 0.3) is 5.91 Å². The first kappa shape index (κ1) is 28.7. The number of anilines is 1. The lowest BCUT2D eigenvalue weighted by molar-refractivity contribution is 0.0730. The number of fused-ring (bicyclic) bond motifs is 1. The predicted octanol–water partition coefficient (Wildman–Crippen LogP) is 7.20. The number of rotatable bonds is 8. The number of methoxy groups -OCH3 is 1. The Balaban J connectivity index is 1.43. The van der Waals surface area contributed by atoms with Crippen molar-refractivity contribution < 1.29 is 19.1 Å². The van der Waals surface area contributed by atoms with Gasteiger partial charge >= 0.3 is 5.97 Å². The third-order valence-electron chi connectivity index (χ3n) is 6.54. The summed E-state index contributed by atoms with van der Waals surface area (Å²) in [5.41, 5.74) is 6.65. The molecule has 42 heavy (non-hydrogen) atoms. The van der Waals surface area contributed by atoms with Crippen LogP contribution in [0.4, 0.5) is 5.69 Å². The fourth-order valence-electron chi connectivity index (χ4n) is 4.46. The number of hydrogen-bond donors (Lipinski definition) is 2. The molecule has 0 aliphatic heterocycles. The summed E-state index contributed by atoms with van der Waals surface area (Å²) in [6.45, 7) is 0. The van der Waals surface area contributed by atoms with E-state index in [0.29, 0.717) is 38.2 Å². The molecule has 0 radical (unpaired) electrons. The van der Waals surface area contributed by atoms with Gasteiger partial charge in [-0.2, -0.15) is 5.10 Å². The van der Waals surface area contributed by atoms with E-state index in [9.17, 15) is 9.59 Å². The molecule has 0 aliphatic carbocycles. The zero-order valence-electron chi connectivity index (χ0n) is 22.9. The Hall–Kier alpha value is -4.79. The van der Waals surface area contributed by atoms with Crippen LogP contribution in [0.5, 0.6) is 11.5 Å². The number of nitrogens with one attached hydrogen (secondary N) is 2. The largest absolute Gasteiger partial charge is 0.496 e. The number of H-pyrrole nitrogens is 1. The Morgan fingerprint density at radius 1 is 0.929 bits per heavy atom. The Kier molecular flexibility index (Phi) is 8.47. The standard InChI is InChI=1S/C32H26Cl2N4O4/c1-38(2)21-13-14-26-23(17-21)29(22-9-5-6-10-25(22)34)30(36-26)31(39)37-35-18-19-8-4-7-11-27(19)42-32(40)24-16-20(33)12-15-28(24)41-3/h4-18,36H,1-3H3,(H,37,39). The van der Waals surface area contributed by atoms with Crippen molar-refractivity contribution in [2.24, 2.45) is 5.10 Å². The number of carbonyl (C=O) groups is 2. The number of hydrazone groups is 1. The molecule has 4 aromatic carbocycles. The van der Waals surface area contributed by atoms with Crippen LogP contribution in [-0.2, 0) is 0 Å². The number of aromatic amines is 1. The molecule has 0 spiro atoms. The number of benzene rings is 4. The van der Waals surface area contributed by atoms with E-state index in [4.69, 9.17) is 32.7 Å². The highest BCUT2D eigenvalue weighted by Crippen LogP contribution is 2.38. The second-order valence-electron chi connectivity index (χ2n) is 9.45. The maximum Gasteiger partial charge on any atom is 0.347 e. The summed E-state index contributed by atoms with van der Waals surface area (Å²) < 4.78 is 10.9. The molecular weight excluding hydrogens is 575 g/mol. The van der Waals surface area contributed by atoms with Gasteiger partial charge in [0.2, 0.25) is 0 Å². The first-order valence-electron chi connectivity index (χ1n) is 12.8. The van der Waals surface area contributed by atoms with Gasteiger partial charge in [-0.3, -0.25) is 4.79 Å². The topological polar surface area (TPSA) is 96.0 Å². The summed E-state index contributed by atoms with van der Waals surface area (Å²) in [4.78, 5) is 31.6. The van der Waals surface area contributed by atoms with Gasteiger partial charge in [0, 0.05) is 57.4 Å². The van der Waals surface area contributed by atoms with Crippen LogP contribution in [0.15, 0.2) is 90.0 Å². The molecule has 5 rings (SSSR count). The summed E-state index contributed by atoms with van der Waals surface area (Å²) in [7, 11) is 5.35. The number of esters is 1. The van der Waals surface area contributed by atoms with E-state index in [2.05, 4.69) is 15.5 Å². The Labute approximate surface area is 252 Å². The zero-order chi connectivity index (χ0) is 29.8. The van der Waals surface area contributed by atoms with Crippen molar-refractivity contribution >= 4 is 57.9 Å². The van der Waals surface area contributed by atoms with Crippen LogP contribution in [0, 0.1) is 0 Å². The summed E-state index contributed by atoms with van der Waals surface area (Å²) in [6.07, 6.45) is 1.40. The zero-order valence-corrected chi connectivity index (χ0v) is 24.5. The molecule has 5 aromatic rings. The van der Waals surface area contributed by atoms with Gasteiger partial charge < -0.3 is 19.4 Å². The van der Waals surface area contributed by atoms with Crippen molar-refractivity contribution in [3.05, 3.63) is 112 Å². The van der Waals surface area contributed by atoms with E-state index < -0.39 is 11.9 Å². The molecule has 0 aliphatic rings. The van der Waals surface area contributed by atoms with Crippen molar-refractivity contribution in [3.63, 3.8) is 0 Å². The summed E-state index contributed by atoms with van der Waals surface area (Å²) in [5, 5.41) is 5.88. The number of halogens is 2. The number of amides is 1. The number of nitrogens with zero attached hydrogens (tertiary/aromatic N) is 2. The van der Waals surface area contributed by atoms with E-state index in [1.54, 1.807) is 42.5 Å². The van der Waals surface area contributed by atoms with Gasteiger partial charge in [-0.1, -0.05) is 53.5 Å². The average molecular weight is 601 g/mol. The molecule has 10 heteroatoms. The van der Waals surface area contributed by atoms with Crippen LogP contribution >= 0.6 is 23.2 Å². The monoisotopic (exact) mass is 600 g/mol. The highest BCUT2D eigenvalue weighted by atomic mass is 35.5. The molecule has 8 nitrogen and oxygen atoms in total. The van der Waals surface area contributed by atoms with Crippen LogP contribution in [-0.4, -0.2) is 44.3 Å². The van der Waals surface area contributed by atoms with Crippen LogP contribution < -0.4 is 19.8 Å². The maximum absolute atomic E-state index is 13.5. The average Bonchev–Trinajstić information content (AvgIpc) is 3.37. The first-order chi connectivity index (χ1) is 20.3. The Morgan fingerprint density at radius 2 is 1.69 bits per heavy atom. The smallest absolute Gasteiger partial charge is 0.347 e. The van der Waals surface area contributed by atoms with Crippen molar-refractivity contribution in [1.29, 1.82) is 0 Å². The number of ether oxygens (including phenoxy) is 2. The van der Waals surface area contributed by atoms with Crippen molar-refractivity contribution in [3.8, 4) is 22.6 Å². The van der Waals surface area contributed by atoms with Gasteiger partial charge in [-0.25, -0.2) is 10.2 Å². The second kappa shape index (κ2) is 12.4. The highest BCUT2D eigenvalue weighted by Gasteiger charge is 2.22. The number of hydrogen-bond acceptors (Lipinski definition) is 6. The minimum Gasteiger partial charge on any atom is -0.496 e. The Bertz CT molecular complexity index is 1830. The predicted molar refractivity (Wildman–Crippen MR) is 168 cm³/mol. The van der Waals surface area contributed by atoms with E-state index in [1.165, 1.54) is 19.4 Å². The van der Waals surface area contributed by atoms with E-state index in [-0.39, 0.29) is 11.3 Å². The van der Waals surface area contributed by atoms with Gasteiger partial charge in [0.1, 0.15) is 22.8 Å². The minimum absolute atomic E-state index is 0.174. The quantitative estimate of drug-likeness (QED) is 0.0849. The summed E-state index contributed by atoms with van der Waals surface area (Å²) in [5.74, 6) is -0.560. The Morgan fingerprint density at radius 3 is 2.45 bits per heavy atom. The summed E-state index contributed by atoms with van der Waals surface area (Å²) >= 11 is 12.6. The third-order valence-corrected chi connectivity index (χ3v) is 7.11. The number of carbonyl (C=O) groups excluding carboxylic acids is 2. The molecule has 0 unspecified atom stereocenters. The molecular formula is C32H26Cl2N4O4. The molecule has 1 heterocycles. The van der Waals surface area contributed by atoms with Crippen LogP contribution in [0.3, 0.4) is 0 Å². The minimum atomic E-state index is -0.654. The van der Waals surface area contributed by atoms with Gasteiger partial charge in [-0.15, -0.1) is 0 Å². The summed E-state index contributed by atoms with van der Waals surface area (Å²) in [6, 6.07) is 24.7. The molecule has 0 fully saturated rings. The fourth-order valence-corrected chi connectivity index (χ4v) is 4.87. The van der Waals surface area contributed by atoms with Crippen LogP contribution in [0.2, 0.25) is 10.0 Å². The molecule has 0 bridgehead atoms. The van der Waals surface area contributed by atoms with Crippen LogP contribution in [0.25, 0.3) is 22.0 Å². The molecule has 1 amide bonds. The lowest BCUT2D eigenvalue weighted by atomic mass is 10.0. The number of aromatic nitrogens is 1. The van der Waals surface area contributed by atoms with E-state index in [0.717, 1.165) is 16.6 Å². The van der Waals surface area contributed by atoms with Crippen LogP contribution in [0.1, 0.15) is 26.4 Å². The molecule has 0 saturated heterocycles. The van der Waals surface area contributed by atoms with E-state index >= 15 is 0 Å². The fraction of sp³-hybridized carbons (Fsp3) is 0.0938. The van der Waals surface area contributed by atoms with Crippen molar-refractivity contribution in [2.75, 3.05) is 26.1 Å². The molecule has 212 valence electrons. The normalized spacial score (nSPS) is 11.1. The van der Waals surface area contributed by atoms with Gasteiger partial charge in [0.15, 0.2) is 0 Å². The lowest BCUT2D eigenvalue weighted by Gasteiger charge is -2.13. The van der Waals surface area contributed by atoms with Crippen molar-refractivity contribution in [2.45, 2.75) is 0 Å². The second-order valence-corrected chi connectivity index (χ2v) is 10.3. The number of para-hydroxylation sites is 1. The molecule has 1 aromatic heterocycles. The van der Waals surface area contributed by atoms with Crippen molar-refractivity contribution in [1.82, 2.24) is 10.4 Å². The highest BCUT2D eigenvalue weighted by molar-refractivity contribution is 6.34. The lowest BCUT2D eigenvalue weighted by Crippen LogP contribution is -2.19. The third kappa shape index (κ3) is 5.95. The first-order valence-corrected chi connectivity index (χ1v) is 13.6. The molecule has 2 N–H and O–H groups in total. The van der Waals surface area contributed by atoms with Gasteiger partial charge in [0.05, 0.1) is 13.3 Å². The maximum atomic E-state index is 13.5. The van der Waals surface area contributed by atoms with E-state index in [1.807, 2.05) is 55.4 Å². The van der Waals surface area contributed by atoms with Gasteiger partial charge in [-0.05, 0) is 54.6 Å². The molecule has 0 atom stereocenters.